The van der Waals surface area contributed by atoms with Crippen LogP contribution in [0.25, 0.3) is 0 Å². The summed E-state index contributed by atoms with van der Waals surface area (Å²) in [5.74, 6) is -0.198. The van der Waals surface area contributed by atoms with Crippen molar-refractivity contribution < 1.29 is 4.39 Å². The second-order valence-corrected chi connectivity index (χ2v) is 3.53. The molecule has 0 fully saturated rings. The van der Waals surface area contributed by atoms with Gasteiger partial charge in [-0.2, -0.15) is 5.26 Å². The number of aromatic nitrogens is 2. The van der Waals surface area contributed by atoms with E-state index in [1.807, 2.05) is 0 Å². The molecule has 2 aromatic rings. The molecule has 2 rings (SSSR count). The van der Waals surface area contributed by atoms with Crippen LogP contribution in [0.2, 0.25) is 5.15 Å². The number of hydrogen-bond acceptors (Lipinski definition) is 4. The van der Waals surface area contributed by atoms with Gasteiger partial charge >= 0.3 is 0 Å². The first-order chi connectivity index (χ1) is 8.20. The van der Waals surface area contributed by atoms with Gasteiger partial charge < -0.3 is 5.32 Å². The first kappa shape index (κ1) is 11.3. The van der Waals surface area contributed by atoms with Crippen LogP contribution in [-0.4, -0.2) is 10.2 Å². The quantitative estimate of drug-likeness (QED) is 0.888. The maximum Gasteiger partial charge on any atom is 0.153 e. The van der Waals surface area contributed by atoms with Crippen molar-refractivity contribution in [1.82, 2.24) is 10.2 Å². The number of halogens is 2. The summed E-state index contributed by atoms with van der Waals surface area (Å²) in [5.41, 5.74) is 0.272. The Bertz CT molecular complexity index is 577. The van der Waals surface area contributed by atoms with Gasteiger partial charge in [0.25, 0.3) is 0 Å². The molecular weight excluding hydrogens is 243 g/mol. The summed E-state index contributed by atoms with van der Waals surface area (Å²) < 4.78 is 13.3. The highest BCUT2D eigenvalue weighted by Crippen LogP contribution is 2.21. The Morgan fingerprint density at radius 1 is 1.24 bits per heavy atom. The van der Waals surface area contributed by atoms with E-state index >= 15 is 0 Å². The van der Waals surface area contributed by atoms with Crippen molar-refractivity contribution in [1.29, 1.82) is 5.26 Å². The Morgan fingerprint density at radius 2 is 2.06 bits per heavy atom. The fraction of sp³-hybridized carbons (Fsp3) is 0. The van der Waals surface area contributed by atoms with E-state index in [-0.39, 0.29) is 10.7 Å². The zero-order chi connectivity index (χ0) is 12.3. The smallest absolute Gasteiger partial charge is 0.153 e. The summed E-state index contributed by atoms with van der Waals surface area (Å²) in [6, 6.07) is 9.21. The molecule has 84 valence electrons. The molecule has 0 saturated carbocycles. The number of nitrogens with one attached hydrogen (secondary N) is 1. The van der Waals surface area contributed by atoms with Crippen LogP contribution in [-0.2, 0) is 0 Å². The van der Waals surface area contributed by atoms with Gasteiger partial charge in [0.05, 0.1) is 5.69 Å². The third-order valence-electron chi connectivity index (χ3n) is 2.02. The van der Waals surface area contributed by atoms with Gasteiger partial charge in [0, 0.05) is 0 Å². The minimum atomic E-state index is -0.584. The Labute approximate surface area is 102 Å². The van der Waals surface area contributed by atoms with Crippen LogP contribution in [0.1, 0.15) is 5.56 Å². The first-order valence-corrected chi connectivity index (χ1v) is 5.03. The number of benzene rings is 1. The maximum absolute atomic E-state index is 13.3. The molecule has 6 heteroatoms. The lowest BCUT2D eigenvalue weighted by atomic mass is 10.2. The van der Waals surface area contributed by atoms with E-state index in [0.29, 0.717) is 11.5 Å². The van der Waals surface area contributed by atoms with Crippen LogP contribution in [0.5, 0.6) is 0 Å². The summed E-state index contributed by atoms with van der Waals surface area (Å²) >= 11 is 5.58. The van der Waals surface area contributed by atoms with Gasteiger partial charge in [-0.3, -0.25) is 0 Å². The van der Waals surface area contributed by atoms with Crippen molar-refractivity contribution in [2.75, 3.05) is 5.32 Å². The molecule has 4 nitrogen and oxygen atoms in total. The topological polar surface area (TPSA) is 61.6 Å². The van der Waals surface area contributed by atoms with Crippen LogP contribution in [0.3, 0.4) is 0 Å². The van der Waals surface area contributed by atoms with Gasteiger partial charge in [0.2, 0.25) is 0 Å². The minimum Gasteiger partial charge on any atom is -0.338 e. The maximum atomic E-state index is 13.3. The molecule has 1 aromatic carbocycles. The number of nitrogens with zero attached hydrogens (tertiary/aromatic N) is 3. The predicted molar refractivity (Wildman–Crippen MR) is 61.4 cm³/mol. The Balaban J connectivity index is 2.34. The fourth-order valence-electron chi connectivity index (χ4n) is 1.26. The average molecular weight is 249 g/mol. The van der Waals surface area contributed by atoms with Crippen molar-refractivity contribution in [3.05, 3.63) is 46.9 Å². The lowest BCUT2D eigenvalue weighted by Gasteiger charge is -2.06. The summed E-state index contributed by atoms with van der Waals surface area (Å²) in [5, 5.41) is 19.3. The zero-order valence-electron chi connectivity index (χ0n) is 8.48. The molecule has 0 saturated heterocycles. The summed E-state index contributed by atoms with van der Waals surface area (Å²) in [7, 11) is 0. The van der Waals surface area contributed by atoms with Gasteiger partial charge in [-0.15, -0.1) is 10.2 Å². The monoisotopic (exact) mass is 248 g/mol. The van der Waals surface area contributed by atoms with Crippen LogP contribution in [0, 0.1) is 17.1 Å². The van der Waals surface area contributed by atoms with E-state index < -0.39 is 5.82 Å². The van der Waals surface area contributed by atoms with Gasteiger partial charge in [-0.1, -0.05) is 17.7 Å². The highest BCUT2D eigenvalue weighted by molar-refractivity contribution is 6.29. The standard InChI is InChI=1S/C11H6ClFN4/c12-10-4-5-11(17-16-10)15-9-3-1-2-8(13)7(9)6-14/h1-5H,(H,15,17). The van der Waals surface area contributed by atoms with Crippen LogP contribution in [0.4, 0.5) is 15.9 Å². The van der Waals surface area contributed by atoms with Crippen molar-refractivity contribution in [3.63, 3.8) is 0 Å². The Hall–Kier alpha value is -2.19. The predicted octanol–water partition coefficient (Wildman–Crippen LogP) is 2.88. The largest absolute Gasteiger partial charge is 0.338 e. The number of anilines is 2. The van der Waals surface area contributed by atoms with Gasteiger partial charge in [-0.25, -0.2) is 4.39 Å². The molecule has 0 amide bonds. The van der Waals surface area contributed by atoms with E-state index in [1.165, 1.54) is 12.1 Å². The zero-order valence-corrected chi connectivity index (χ0v) is 9.24. The Kier molecular flexibility index (Phi) is 3.17. The lowest BCUT2D eigenvalue weighted by Crippen LogP contribution is -1.98. The lowest BCUT2D eigenvalue weighted by molar-refractivity contribution is 0.624. The molecule has 1 aromatic heterocycles. The molecule has 0 bridgehead atoms. The molecule has 17 heavy (non-hydrogen) atoms. The molecule has 0 atom stereocenters. The highest BCUT2D eigenvalue weighted by atomic mass is 35.5. The number of nitriles is 1. The first-order valence-electron chi connectivity index (χ1n) is 4.65. The normalized spacial score (nSPS) is 9.71. The van der Waals surface area contributed by atoms with Gasteiger partial charge in [-0.05, 0) is 24.3 Å². The second-order valence-electron chi connectivity index (χ2n) is 3.14. The fourth-order valence-corrected chi connectivity index (χ4v) is 1.36. The molecular formula is C11H6ClFN4. The third-order valence-corrected chi connectivity index (χ3v) is 2.22. The number of hydrogen-bond donors (Lipinski definition) is 1. The summed E-state index contributed by atoms with van der Waals surface area (Å²) in [6.07, 6.45) is 0. The molecule has 1 N–H and O–H groups in total. The summed E-state index contributed by atoms with van der Waals surface area (Å²) in [4.78, 5) is 0. The van der Waals surface area contributed by atoms with Gasteiger partial charge in [0.15, 0.2) is 11.0 Å². The SMILES string of the molecule is N#Cc1c(F)cccc1Nc1ccc(Cl)nn1. The second kappa shape index (κ2) is 4.76. The molecule has 0 unspecified atom stereocenters. The van der Waals surface area contributed by atoms with E-state index in [2.05, 4.69) is 15.5 Å². The van der Waals surface area contributed by atoms with Crippen LogP contribution < -0.4 is 5.32 Å². The van der Waals surface area contributed by atoms with Crippen molar-refractivity contribution in [2.45, 2.75) is 0 Å². The van der Waals surface area contributed by atoms with E-state index in [0.717, 1.165) is 0 Å². The van der Waals surface area contributed by atoms with Crippen molar-refractivity contribution in [3.8, 4) is 6.07 Å². The molecule has 0 spiro atoms. The van der Waals surface area contributed by atoms with Crippen LogP contribution >= 0.6 is 11.6 Å². The number of rotatable bonds is 2. The van der Waals surface area contributed by atoms with E-state index in [9.17, 15) is 4.39 Å². The van der Waals surface area contributed by atoms with E-state index in [4.69, 9.17) is 16.9 Å². The molecule has 0 aliphatic heterocycles. The highest BCUT2D eigenvalue weighted by Gasteiger charge is 2.08. The van der Waals surface area contributed by atoms with Crippen molar-refractivity contribution in [2.24, 2.45) is 0 Å². The molecule has 1 heterocycles. The Morgan fingerprint density at radius 3 is 2.71 bits per heavy atom. The minimum absolute atomic E-state index is 0.0655. The summed E-state index contributed by atoms with van der Waals surface area (Å²) in [6.45, 7) is 0. The van der Waals surface area contributed by atoms with Gasteiger partial charge in [0.1, 0.15) is 17.4 Å². The molecule has 0 aliphatic rings. The van der Waals surface area contributed by atoms with E-state index in [1.54, 1.807) is 24.3 Å². The average Bonchev–Trinajstić information content (AvgIpc) is 2.32. The van der Waals surface area contributed by atoms with Crippen molar-refractivity contribution >= 4 is 23.1 Å². The third kappa shape index (κ3) is 2.49. The molecule has 0 aliphatic carbocycles. The van der Waals surface area contributed by atoms with Crippen LogP contribution in [0.15, 0.2) is 30.3 Å². The molecule has 0 radical (unpaired) electrons.